The first-order valence-electron chi connectivity index (χ1n) is 6.36. The summed E-state index contributed by atoms with van der Waals surface area (Å²) in [5.41, 5.74) is 0.324. The average Bonchev–Trinajstić information content (AvgIpc) is 3.09. The zero-order valence-corrected chi connectivity index (χ0v) is 10.6. The number of benzene rings is 1. The molecule has 1 aromatic heterocycles. The maximum absolute atomic E-state index is 12.8. The first-order chi connectivity index (χ1) is 9.72. The van der Waals surface area contributed by atoms with E-state index in [-0.39, 0.29) is 12.1 Å². The van der Waals surface area contributed by atoms with Gasteiger partial charge < -0.3 is 9.73 Å². The molecular weight excluding hydrogens is 263 g/mol. The Bertz CT molecular complexity index is 605. The molecule has 1 aliphatic rings. The van der Waals surface area contributed by atoms with E-state index in [9.17, 15) is 9.18 Å². The number of hydrogen-bond acceptors (Lipinski definition) is 5. The molecule has 104 valence electrons. The van der Waals surface area contributed by atoms with Gasteiger partial charge in [0.2, 0.25) is 5.89 Å². The molecule has 2 aromatic rings. The Labute approximate surface area is 114 Å². The molecule has 6 nitrogen and oxygen atoms in total. The van der Waals surface area contributed by atoms with E-state index in [1.54, 1.807) is 0 Å². The molecule has 2 N–H and O–H groups in total. The summed E-state index contributed by atoms with van der Waals surface area (Å²) in [4.78, 5) is 11.9. The lowest BCUT2D eigenvalue weighted by molar-refractivity contribution is 0.102. The summed E-state index contributed by atoms with van der Waals surface area (Å²) in [5, 5.41) is 13.4. The van der Waals surface area contributed by atoms with Gasteiger partial charge in [-0.05, 0) is 43.7 Å². The molecule has 0 saturated carbocycles. The second-order valence-corrected chi connectivity index (χ2v) is 4.56. The molecule has 1 amide bonds. The quantitative estimate of drug-likeness (QED) is 0.894. The lowest BCUT2D eigenvalue weighted by Crippen LogP contribution is -2.13. The summed E-state index contributed by atoms with van der Waals surface area (Å²) < 4.78 is 18.2. The van der Waals surface area contributed by atoms with Crippen molar-refractivity contribution < 1.29 is 13.6 Å². The molecule has 3 rings (SSSR count). The van der Waals surface area contributed by atoms with Gasteiger partial charge in [0.1, 0.15) is 5.82 Å². The predicted octanol–water partition coefficient (Wildman–Crippen LogP) is 1.89. The van der Waals surface area contributed by atoms with Crippen LogP contribution in [0.25, 0.3) is 0 Å². The predicted molar refractivity (Wildman–Crippen MR) is 68.6 cm³/mol. The van der Waals surface area contributed by atoms with Gasteiger partial charge in [-0.3, -0.25) is 10.1 Å². The highest BCUT2D eigenvalue weighted by atomic mass is 19.1. The van der Waals surface area contributed by atoms with Crippen molar-refractivity contribution in [3.05, 3.63) is 41.5 Å². The zero-order chi connectivity index (χ0) is 13.9. The Morgan fingerprint density at radius 1 is 1.35 bits per heavy atom. The molecule has 1 aromatic carbocycles. The SMILES string of the molecule is O=C(Nc1nnc(C2CCCN2)o1)c1ccc(F)cc1. The molecule has 1 aliphatic heterocycles. The third-order valence-corrected chi connectivity index (χ3v) is 3.13. The minimum atomic E-state index is -0.417. The van der Waals surface area contributed by atoms with Gasteiger partial charge in [-0.2, -0.15) is 0 Å². The van der Waals surface area contributed by atoms with Crippen molar-refractivity contribution in [2.75, 3.05) is 11.9 Å². The van der Waals surface area contributed by atoms with Gasteiger partial charge in [-0.1, -0.05) is 5.10 Å². The van der Waals surface area contributed by atoms with E-state index in [1.165, 1.54) is 24.3 Å². The fourth-order valence-electron chi connectivity index (χ4n) is 2.09. The lowest BCUT2D eigenvalue weighted by atomic mass is 10.2. The first kappa shape index (κ1) is 12.7. The standard InChI is InChI=1S/C13H13FN4O2/c14-9-5-3-8(4-6-9)11(19)16-13-18-17-12(20-13)10-2-1-7-15-10/h3-6,10,15H,1-2,7H2,(H,16,18,19). The molecular formula is C13H13FN4O2. The zero-order valence-electron chi connectivity index (χ0n) is 10.6. The number of anilines is 1. The molecule has 1 fully saturated rings. The summed E-state index contributed by atoms with van der Waals surface area (Å²) in [7, 11) is 0. The Kier molecular flexibility index (Phi) is 3.42. The van der Waals surface area contributed by atoms with Crippen LogP contribution in [0.15, 0.2) is 28.7 Å². The Morgan fingerprint density at radius 2 is 2.15 bits per heavy atom. The number of aromatic nitrogens is 2. The Balaban J connectivity index is 1.68. The lowest BCUT2D eigenvalue weighted by Gasteiger charge is -2.03. The number of nitrogens with one attached hydrogen (secondary N) is 2. The van der Waals surface area contributed by atoms with Crippen LogP contribution in [0.4, 0.5) is 10.4 Å². The number of halogens is 1. The van der Waals surface area contributed by atoms with Gasteiger partial charge in [-0.25, -0.2) is 4.39 Å². The van der Waals surface area contributed by atoms with E-state index in [0.717, 1.165) is 19.4 Å². The molecule has 0 spiro atoms. The van der Waals surface area contributed by atoms with Crippen molar-refractivity contribution in [2.45, 2.75) is 18.9 Å². The van der Waals surface area contributed by atoms with Gasteiger partial charge in [0, 0.05) is 5.56 Å². The minimum absolute atomic E-state index is 0.0445. The van der Waals surface area contributed by atoms with Crippen molar-refractivity contribution in [3.63, 3.8) is 0 Å². The maximum Gasteiger partial charge on any atom is 0.322 e. The van der Waals surface area contributed by atoms with Crippen LogP contribution >= 0.6 is 0 Å². The number of amides is 1. The number of carbonyl (C=O) groups is 1. The molecule has 7 heteroatoms. The monoisotopic (exact) mass is 276 g/mol. The smallest absolute Gasteiger partial charge is 0.322 e. The molecule has 0 radical (unpaired) electrons. The molecule has 0 aliphatic carbocycles. The highest BCUT2D eigenvalue weighted by Gasteiger charge is 2.22. The van der Waals surface area contributed by atoms with Gasteiger partial charge >= 0.3 is 6.01 Å². The number of nitrogens with zero attached hydrogens (tertiary/aromatic N) is 2. The number of carbonyl (C=O) groups excluding carboxylic acids is 1. The van der Waals surface area contributed by atoms with Gasteiger partial charge in [-0.15, -0.1) is 5.10 Å². The normalized spacial score (nSPS) is 18.1. The van der Waals surface area contributed by atoms with E-state index < -0.39 is 11.7 Å². The molecule has 20 heavy (non-hydrogen) atoms. The van der Waals surface area contributed by atoms with E-state index in [4.69, 9.17) is 4.42 Å². The van der Waals surface area contributed by atoms with Crippen molar-refractivity contribution in [1.82, 2.24) is 15.5 Å². The van der Waals surface area contributed by atoms with Crippen LogP contribution in [-0.2, 0) is 0 Å². The van der Waals surface area contributed by atoms with Crippen LogP contribution in [0.5, 0.6) is 0 Å². The van der Waals surface area contributed by atoms with Crippen LogP contribution < -0.4 is 10.6 Å². The highest BCUT2D eigenvalue weighted by Crippen LogP contribution is 2.22. The summed E-state index contributed by atoms with van der Waals surface area (Å²) in [6.07, 6.45) is 2.00. The van der Waals surface area contributed by atoms with Crippen molar-refractivity contribution in [1.29, 1.82) is 0 Å². The number of hydrogen-bond donors (Lipinski definition) is 2. The fourth-order valence-corrected chi connectivity index (χ4v) is 2.09. The summed E-state index contributed by atoms with van der Waals surface area (Å²) in [6, 6.07) is 5.32. The van der Waals surface area contributed by atoms with Crippen molar-refractivity contribution in [3.8, 4) is 0 Å². The topological polar surface area (TPSA) is 80.0 Å². The molecule has 1 atom stereocenters. The van der Waals surface area contributed by atoms with E-state index in [0.29, 0.717) is 11.5 Å². The highest BCUT2D eigenvalue weighted by molar-refractivity contribution is 6.03. The second-order valence-electron chi connectivity index (χ2n) is 4.56. The number of rotatable bonds is 3. The van der Waals surface area contributed by atoms with Gasteiger partial charge in [0.15, 0.2) is 0 Å². The fraction of sp³-hybridized carbons (Fsp3) is 0.308. The maximum atomic E-state index is 12.8. The van der Waals surface area contributed by atoms with Crippen LogP contribution in [0.1, 0.15) is 35.1 Å². The van der Waals surface area contributed by atoms with Crippen LogP contribution in [0.2, 0.25) is 0 Å². The first-order valence-corrected chi connectivity index (χ1v) is 6.36. The molecule has 1 unspecified atom stereocenters. The summed E-state index contributed by atoms with van der Waals surface area (Å²) in [6.45, 7) is 0.921. The summed E-state index contributed by atoms with van der Waals surface area (Å²) >= 11 is 0. The minimum Gasteiger partial charge on any atom is -0.406 e. The molecule has 0 bridgehead atoms. The van der Waals surface area contributed by atoms with Gasteiger partial charge in [0.25, 0.3) is 5.91 Å². The van der Waals surface area contributed by atoms with Gasteiger partial charge in [0.05, 0.1) is 6.04 Å². The van der Waals surface area contributed by atoms with Crippen molar-refractivity contribution >= 4 is 11.9 Å². The van der Waals surface area contributed by atoms with E-state index in [2.05, 4.69) is 20.8 Å². The molecule has 2 heterocycles. The Hall–Kier alpha value is -2.28. The van der Waals surface area contributed by atoms with Crippen LogP contribution in [0.3, 0.4) is 0 Å². The largest absolute Gasteiger partial charge is 0.406 e. The molecule has 1 saturated heterocycles. The van der Waals surface area contributed by atoms with E-state index in [1.807, 2.05) is 0 Å². The van der Waals surface area contributed by atoms with Crippen molar-refractivity contribution in [2.24, 2.45) is 0 Å². The third-order valence-electron chi connectivity index (χ3n) is 3.13. The van der Waals surface area contributed by atoms with E-state index >= 15 is 0 Å². The van der Waals surface area contributed by atoms with Crippen LogP contribution in [0, 0.1) is 5.82 Å². The summed E-state index contributed by atoms with van der Waals surface area (Å²) in [5.74, 6) is -0.342. The Morgan fingerprint density at radius 3 is 2.85 bits per heavy atom. The third kappa shape index (κ3) is 2.67. The van der Waals surface area contributed by atoms with Crippen LogP contribution in [-0.4, -0.2) is 22.6 Å². The average molecular weight is 276 g/mol. The second kappa shape index (κ2) is 5.38.